The van der Waals surface area contributed by atoms with Gasteiger partial charge in [0, 0.05) is 36.7 Å². The highest BCUT2D eigenvalue weighted by atomic mass is 16.5. The Labute approximate surface area is 129 Å². The first kappa shape index (κ1) is 18.6. The summed E-state index contributed by atoms with van der Waals surface area (Å²) in [6.07, 6.45) is 5.10. The highest BCUT2D eigenvalue weighted by molar-refractivity contribution is 5.84. The molecule has 2 aromatic rings. The number of methoxy groups -OCH3 is 1. The minimum absolute atomic E-state index is 0.662. The standard InChI is InChI=1S/C13H14N4O.2CHN/c1-9-6-15-13(16-7-9)10-3-4-11(8-17-14)12(5-10)18-2;2*1-2/h3-8H,14H2,1-2H3;2*1H. The van der Waals surface area contributed by atoms with Crippen LogP contribution >= 0.6 is 0 Å². The van der Waals surface area contributed by atoms with Gasteiger partial charge < -0.3 is 10.6 Å². The van der Waals surface area contributed by atoms with Gasteiger partial charge in [-0.05, 0) is 24.6 Å². The van der Waals surface area contributed by atoms with Crippen molar-refractivity contribution in [2.24, 2.45) is 10.9 Å². The molecule has 2 N–H and O–H groups in total. The summed E-state index contributed by atoms with van der Waals surface area (Å²) in [6, 6.07) is 5.64. The molecule has 2 rings (SSSR count). The van der Waals surface area contributed by atoms with Crippen LogP contribution in [-0.4, -0.2) is 23.3 Å². The van der Waals surface area contributed by atoms with Crippen LogP contribution in [0.1, 0.15) is 11.1 Å². The molecule has 0 atom stereocenters. The number of nitriles is 2. The molecule has 0 saturated carbocycles. The molecule has 112 valence electrons. The van der Waals surface area contributed by atoms with Crippen molar-refractivity contribution in [2.75, 3.05) is 7.11 Å². The average Bonchev–Trinajstić information content (AvgIpc) is 2.60. The molecule has 1 aromatic carbocycles. The number of nitrogens with two attached hydrogens (primary N) is 1. The molecule has 0 saturated heterocycles. The zero-order valence-electron chi connectivity index (χ0n) is 12.3. The summed E-state index contributed by atoms with van der Waals surface area (Å²) in [6.45, 7) is 8.95. The van der Waals surface area contributed by atoms with Gasteiger partial charge in [0.05, 0.1) is 13.3 Å². The van der Waals surface area contributed by atoms with Crippen molar-refractivity contribution in [2.45, 2.75) is 6.92 Å². The molecular formula is C15H16N6O. The molecule has 1 aromatic heterocycles. The fourth-order valence-electron chi connectivity index (χ4n) is 1.58. The lowest BCUT2D eigenvalue weighted by molar-refractivity contribution is 0.414. The maximum Gasteiger partial charge on any atom is 0.159 e. The fourth-order valence-corrected chi connectivity index (χ4v) is 1.58. The van der Waals surface area contributed by atoms with Crippen molar-refractivity contribution in [1.29, 1.82) is 10.5 Å². The number of hydrogen-bond acceptors (Lipinski definition) is 7. The van der Waals surface area contributed by atoms with Crippen molar-refractivity contribution in [3.63, 3.8) is 0 Å². The number of hydrazone groups is 1. The normalized spacial score (nSPS) is 9.00. The summed E-state index contributed by atoms with van der Waals surface area (Å²) >= 11 is 0. The molecule has 1 heterocycles. The molecular weight excluding hydrogens is 280 g/mol. The highest BCUT2D eigenvalue weighted by Gasteiger charge is 2.06. The van der Waals surface area contributed by atoms with Gasteiger partial charge in [0.15, 0.2) is 5.82 Å². The Kier molecular flexibility index (Phi) is 8.73. The highest BCUT2D eigenvalue weighted by Crippen LogP contribution is 2.24. The van der Waals surface area contributed by atoms with E-state index in [1.165, 1.54) is 0 Å². The van der Waals surface area contributed by atoms with Crippen molar-refractivity contribution in [3.05, 3.63) is 41.7 Å². The number of nitrogens with zero attached hydrogens (tertiary/aromatic N) is 5. The predicted octanol–water partition coefficient (Wildman–Crippen LogP) is 2.03. The molecule has 0 radical (unpaired) electrons. The van der Waals surface area contributed by atoms with Gasteiger partial charge in [-0.2, -0.15) is 5.10 Å². The molecule has 22 heavy (non-hydrogen) atoms. The lowest BCUT2D eigenvalue weighted by atomic mass is 10.1. The van der Waals surface area contributed by atoms with E-state index in [2.05, 4.69) is 28.2 Å². The van der Waals surface area contributed by atoms with E-state index in [-0.39, 0.29) is 0 Å². The quantitative estimate of drug-likeness (QED) is 0.525. The Morgan fingerprint density at radius 1 is 1.18 bits per heavy atom. The number of aryl methyl sites for hydroxylation is 1. The molecule has 7 heteroatoms. The Morgan fingerprint density at radius 3 is 2.27 bits per heavy atom. The predicted molar refractivity (Wildman–Crippen MR) is 83.9 cm³/mol. The molecule has 0 amide bonds. The van der Waals surface area contributed by atoms with E-state index in [1.54, 1.807) is 25.7 Å². The second-order valence-corrected chi connectivity index (χ2v) is 3.82. The summed E-state index contributed by atoms with van der Waals surface area (Å²) in [5, 5.41) is 16.5. The van der Waals surface area contributed by atoms with Crippen LogP contribution in [0.25, 0.3) is 11.4 Å². The first-order chi connectivity index (χ1) is 10.7. The van der Waals surface area contributed by atoms with Crippen molar-refractivity contribution < 1.29 is 4.74 Å². The molecule has 0 aliphatic heterocycles. The Hall–Kier alpha value is -3.45. The van der Waals surface area contributed by atoms with E-state index < -0.39 is 0 Å². The van der Waals surface area contributed by atoms with Gasteiger partial charge in [0.2, 0.25) is 0 Å². The number of rotatable bonds is 3. The van der Waals surface area contributed by atoms with Crippen molar-refractivity contribution in [1.82, 2.24) is 9.97 Å². The third-order valence-corrected chi connectivity index (χ3v) is 2.49. The van der Waals surface area contributed by atoms with Crippen LogP contribution in [0.2, 0.25) is 0 Å². The summed E-state index contributed by atoms with van der Waals surface area (Å²) in [5.74, 6) is 6.49. The smallest absolute Gasteiger partial charge is 0.159 e. The summed E-state index contributed by atoms with van der Waals surface area (Å²) < 4.78 is 5.28. The van der Waals surface area contributed by atoms with Crippen molar-refractivity contribution in [3.8, 4) is 30.3 Å². The fraction of sp³-hybridized carbons (Fsp3) is 0.133. The molecule has 0 aliphatic rings. The maximum atomic E-state index is 6.50. The number of hydrogen-bond donors (Lipinski definition) is 1. The number of ether oxygens (including phenoxy) is 1. The first-order valence-electron chi connectivity index (χ1n) is 5.96. The van der Waals surface area contributed by atoms with E-state index in [9.17, 15) is 0 Å². The van der Waals surface area contributed by atoms with Gasteiger partial charge in [-0.3, -0.25) is 0 Å². The maximum absolute atomic E-state index is 6.50. The largest absolute Gasteiger partial charge is 0.496 e. The minimum atomic E-state index is 0.662. The van der Waals surface area contributed by atoms with Crippen LogP contribution in [-0.2, 0) is 0 Å². The van der Waals surface area contributed by atoms with Gasteiger partial charge >= 0.3 is 0 Å². The molecule has 0 bridgehead atoms. The molecule has 0 aliphatic carbocycles. The minimum Gasteiger partial charge on any atom is -0.496 e. The second-order valence-electron chi connectivity index (χ2n) is 3.82. The molecule has 0 spiro atoms. The summed E-state index contributed by atoms with van der Waals surface area (Å²) in [5.41, 5.74) is 2.73. The van der Waals surface area contributed by atoms with Gasteiger partial charge in [-0.15, -0.1) is 0 Å². The third-order valence-electron chi connectivity index (χ3n) is 2.49. The Bertz CT molecular complexity index is 640. The van der Waals surface area contributed by atoms with E-state index in [1.807, 2.05) is 25.1 Å². The van der Waals surface area contributed by atoms with Crippen LogP contribution in [0.5, 0.6) is 5.75 Å². The van der Waals surface area contributed by atoms with Crippen LogP contribution in [0, 0.1) is 30.6 Å². The SMILES string of the molecule is C#N.C#N.COc1cc(-c2ncc(C)cn2)ccc1C=NN. The van der Waals surface area contributed by atoms with Crippen LogP contribution in [0.3, 0.4) is 0 Å². The summed E-state index contributed by atoms with van der Waals surface area (Å²) in [7, 11) is 1.60. The monoisotopic (exact) mass is 296 g/mol. The van der Waals surface area contributed by atoms with Crippen LogP contribution in [0.15, 0.2) is 35.7 Å². The lowest BCUT2D eigenvalue weighted by Crippen LogP contribution is -1.95. The Balaban J connectivity index is 0.00000102. The lowest BCUT2D eigenvalue weighted by Gasteiger charge is -2.07. The summed E-state index contributed by atoms with van der Waals surface area (Å²) in [4.78, 5) is 8.55. The van der Waals surface area contributed by atoms with E-state index in [0.717, 1.165) is 16.7 Å². The first-order valence-corrected chi connectivity index (χ1v) is 5.96. The van der Waals surface area contributed by atoms with Gasteiger partial charge in [-0.25, -0.2) is 20.5 Å². The average molecular weight is 296 g/mol. The molecule has 0 unspecified atom stereocenters. The van der Waals surface area contributed by atoms with E-state index in [4.69, 9.17) is 21.1 Å². The van der Waals surface area contributed by atoms with Crippen molar-refractivity contribution >= 4 is 6.21 Å². The Morgan fingerprint density at radius 2 is 1.77 bits per heavy atom. The third kappa shape index (κ3) is 4.91. The zero-order valence-corrected chi connectivity index (χ0v) is 12.3. The number of benzene rings is 1. The van der Waals surface area contributed by atoms with Gasteiger partial charge in [0.1, 0.15) is 5.75 Å². The number of aromatic nitrogens is 2. The van der Waals surface area contributed by atoms with E-state index >= 15 is 0 Å². The van der Waals surface area contributed by atoms with E-state index in [0.29, 0.717) is 11.6 Å². The molecule has 7 nitrogen and oxygen atoms in total. The van der Waals surface area contributed by atoms with Crippen LogP contribution in [0.4, 0.5) is 0 Å². The molecule has 0 fully saturated rings. The zero-order chi connectivity index (χ0) is 17.0. The van der Waals surface area contributed by atoms with Gasteiger partial charge in [0.25, 0.3) is 0 Å². The second kappa shape index (κ2) is 10.4. The van der Waals surface area contributed by atoms with Crippen LogP contribution < -0.4 is 10.6 Å². The van der Waals surface area contributed by atoms with Gasteiger partial charge in [-0.1, -0.05) is 6.07 Å². The topological polar surface area (TPSA) is 121 Å².